The molecule has 3 aliphatic carbocycles. The van der Waals surface area contributed by atoms with Crippen LogP contribution in [-0.2, 0) is 17.8 Å². The van der Waals surface area contributed by atoms with Crippen molar-refractivity contribution < 1.29 is 9.90 Å². The normalized spacial score (nSPS) is 37.8. The maximum atomic E-state index is 12.3. The van der Waals surface area contributed by atoms with Crippen LogP contribution in [0.4, 0.5) is 0 Å². The summed E-state index contributed by atoms with van der Waals surface area (Å²) in [5.41, 5.74) is 3.94. The van der Waals surface area contributed by atoms with Crippen LogP contribution in [0.15, 0.2) is 18.2 Å². The summed E-state index contributed by atoms with van der Waals surface area (Å²) >= 11 is 0. The molecule has 1 N–H and O–H groups in total. The van der Waals surface area contributed by atoms with Crippen molar-refractivity contribution in [1.82, 2.24) is 0 Å². The summed E-state index contributed by atoms with van der Waals surface area (Å²) < 4.78 is 0. The van der Waals surface area contributed by atoms with Gasteiger partial charge in [-0.05, 0) is 66.5 Å². The molecule has 2 fully saturated rings. The van der Waals surface area contributed by atoms with Gasteiger partial charge in [-0.25, -0.2) is 0 Å². The molecule has 1 aromatic rings. The van der Waals surface area contributed by atoms with Gasteiger partial charge in [-0.15, -0.1) is 0 Å². The highest BCUT2D eigenvalue weighted by molar-refractivity contribution is 5.87. The number of aryl methyl sites for hydroxylation is 1. The zero-order valence-electron chi connectivity index (χ0n) is 12.8. The third-order valence-electron chi connectivity index (χ3n) is 6.72. The van der Waals surface area contributed by atoms with Gasteiger partial charge in [-0.3, -0.25) is 4.79 Å². The second-order valence-corrected chi connectivity index (χ2v) is 7.48. The van der Waals surface area contributed by atoms with Gasteiger partial charge in [-0.2, -0.15) is 0 Å². The fourth-order valence-electron chi connectivity index (χ4n) is 5.64. The number of fused-ring (bicyclic) bond motifs is 5. The van der Waals surface area contributed by atoms with Crippen molar-refractivity contribution in [3.8, 4) is 0 Å². The number of carbonyl (C=O) groups is 1. The molecule has 3 aliphatic rings. The minimum atomic E-state index is -0.0488. The van der Waals surface area contributed by atoms with Crippen LogP contribution in [0, 0.1) is 17.3 Å². The second-order valence-electron chi connectivity index (χ2n) is 7.48. The molecule has 4 atom stereocenters. The molecule has 0 aromatic heterocycles. The van der Waals surface area contributed by atoms with Crippen LogP contribution in [0.5, 0.6) is 0 Å². The Morgan fingerprint density at radius 3 is 2.90 bits per heavy atom. The van der Waals surface area contributed by atoms with E-state index in [1.165, 1.54) is 17.5 Å². The Labute approximate surface area is 126 Å². The predicted molar refractivity (Wildman–Crippen MR) is 82.0 cm³/mol. The molecule has 0 saturated heterocycles. The van der Waals surface area contributed by atoms with Crippen LogP contribution < -0.4 is 0 Å². The van der Waals surface area contributed by atoms with Crippen molar-refractivity contribution >= 4 is 5.78 Å². The molecule has 0 amide bonds. The Balaban J connectivity index is 1.76. The molecular weight excluding hydrogens is 260 g/mol. The number of rotatable bonds is 1. The van der Waals surface area contributed by atoms with E-state index in [9.17, 15) is 9.90 Å². The van der Waals surface area contributed by atoms with Gasteiger partial charge >= 0.3 is 0 Å². The van der Waals surface area contributed by atoms with Gasteiger partial charge in [0.1, 0.15) is 5.78 Å². The van der Waals surface area contributed by atoms with E-state index in [2.05, 4.69) is 25.1 Å². The fourth-order valence-corrected chi connectivity index (χ4v) is 5.64. The molecule has 21 heavy (non-hydrogen) atoms. The van der Waals surface area contributed by atoms with Crippen molar-refractivity contribution in [2.24, 2.45) is 17.3 Å². The molecule has 1 aromatic carbocycles. The first-order valence-electron chi connectivity index (χ1n) is 8.40. The minimum Gasteiger partial charge on any atom is -0.392 e. The molecule has 2 saturated carbocycles. The van der Waals surface area contributed by atoms with Crippen molar-refractivity contribution in [3.63, 3.8) is 0 Å². The van der Waals surface area contributed by atoms with E-state index in [4.69, 9.17) is 0 Å². The first-order valence-corrected chi connectivity index (χ1v) is 8.40. The molecule has 2 nitrogen and oxygen atoms in total. The monoisotopic (exact) mass is 284 g/mol. The molecule has 0 aliphatic heterocycles. The standard InChI is InChI=1S/C19H24O2/c1-19-10-9-15-14(16(19)7-8-17(19)21)6-5-12-3-2-4-13(11-20)18(12)15/h2-4,14-16,20H,5-11H2,1H3/t14-,15+,16+,19+/m1/s1. The van der Waals surface area contributed by atoms with Crippen molar-refractivity contribution in [2.45, 2.75) is 58.0 Å². The Kier molecular flexibility index (Phi) is 3.01. The van der Waals surface area contributed by atoms with Crippen molar-refractivity contribution in [1.29, 1.82) is 0 Å². The van der Waals surface area contributed by atoms with Crippen LogP contribution in [-0.4, -0.2) is 10.9 Å². The summed E-state index contributed by atoms with van der Waals surface area (Å²) in [7, 11) is 0. The van der Waals surface area contributed by atoms with Crippen LogP contribution in [0.1, 0.15) is 61.6 Å². The zero-order valence-corrected chi connectivity index (χ0v) is 12.8. The number of hydrogen-bond donors (Lipinski definition) is 1. The molecular formula is C19H24O2. The molecule has 112 valence electrons. The van der Waals surface area contributed by atoms with Crippen LogP contribution in [0.25, 0.3) is 0 Å². The summed E-state index contributed by atoms with van der Waals surface area (Å²) in [6, 6.07) is 6.39. The maximum Gasteiger partial charge on any atom is 0.139 e. The van der Waals surface area contributed by atoms with Gasteiger partial charge in [0.15, 0.2) is 0 Å². The lowest BCUT2D eigenvalue weighted by Crippen LogP contribution is -2.42. The SMILES string of the molecule is C[C@]12CC[C@@H]3c4c(CO)cccc4CC[C@H]3[C@@H]1CCC2=O. The zero-order chi connectivity index (χ0) is 14.6. The van der Waals surface area contributed by atoms with E-state index in [1.807, 2.05) is 0 Å². The lowest BCUT2D eigenvalue weighted by atomic mass is 9.55. The van der Waals surface area contributed by atoms with Gasteiger partial charge in [0.25, 0.3) is 0 Å². The van der Waals surface area contributed by atoms with E-state index in [1.54, 1.807) is 0 Å². The molecule has 0 unspecified atom stereocenters. The second kappa shape index (κ2) is 4.67. The van der Waals surface area contributed by atoms with Gasteiger partial charge in [0, 0.05) is 11.8 Å². The van der Waals surface area contributed by atoms with Crippen molar-refractivity contribution in [2.75, 3.05) is 0 Å². The van der Waals surface area contributed by atoms with E-state index in [0.717, 1.165) is 37.7 Å². The summed E-state index contributed by atoms with van der Waals surface area (Å²) in [4.78, 5) is 12.3. The van der Waals surface area contributed by atoms with Gasteiger partial charge < -0.3 is 5.11 Å². The van der Waals surface area contributed by atoms with Crippen LogP contribution >= 0.6 is 0 Å². The fraction of sp³-hybridized carbons (Fsp3) is 0.632. The van der Waals surface area contributed by atoms with Gasteiger partial charge in [0.05, 0.1) is 6.61 Å². The van der Waals surface area contributed by atoms with E-state index < -0.39 is 0 Å². The Morgan fingerprint density at radius 2 is 2.10 bits per heavy atom. The number of Topliss-reactive ketones (excluding diaryl/α,β-unsaturated/α-hetero) is 1. The predicted octanol–water partition coefficient (Wildman–Crippen LogP) is 3.60. The largest absolute Gasteiger partial charge is 0.392 e. The highest BCUT2D eigenvalue weighted by Gasteiger charge is 2.54. The average Bonchev–Trinajstić information content (AvgIpc) is 2.82. The number of carbonyl (C=O) groups excluding carboxylic acids is 1. The molecule has 0 spiro atoms. The summed E-state index contributed by atoms with van der Waals surface area (Å²) in [5, 5.41) is 9.71. The highest BCUT2D eigenvalue weighted by Crippen LogP contribution is 2.59. The lowest BCUT2D eigenvalue weighted by Gasteiger charge is -2.48. The lowest BCUT2D eigenvalue weighted by molar-refractivity contribution is -0.129. The van der Waals surface area contributed by atoms with E-state index in [0.29, 0.717) is 23.5 Å². The number of benzene rings is 1. The third-order valence-corrected chi connectivity index (χ3v) is 6.72. The Morgan fingerprint density at radius 1 is 1.24 bits per heavy atom. The smallest absolute Gasteiger partial charge is 0.139 e. The number of hydrogen-bond acceptors (Lipinski definition) is 2. The maximum absolute atomic E-state index is 12.3. The first-order chi connectivity index (χ1) is 10.1. The Bertz CT molecular complexity index is 577. The van der Waals surface area contributed by atoms with E-state index >= 15 is 0 Å². The van der Waals surface area contributed by atoms with Crippen LogP contribution in [0.2, 0.25) is 0 Å². The van der Waals surface area contributed by atoms with E-state index in [-0.39, 0.29) is 12.0 Å². The topological polar surface area (TPSA) is 37.3 Å². The van der Waals surface area contributed by atoms with Gasteiger partial charge in [0.2, 0.25) is 0 Å². The molecule has 2 heteroatoms. The number of aliphatic hydroxyl groups excluding tert-OH is 1. The molecule has 0 heterocycles. The first kappa shape index (κ1) is 13.5. The summed E-state index contributed by atoms with van der Waals surface area (Å²) in [6.07, 6.45) is 6.38. The highest BCUT2D eigenvalue weighted by atomic mass is 16.3. The number of ketones is 1. The molecule has 0 radical (unpaired) electrons. The quantitative estimate of drug-likeness (QED) is 0.855. The number of aliphatic hydroxyl groups is 1. The third kappa shape index (κ3) is 1.78. The Hall–Kier alpha value is -1.15. The summed E-state index contributed by atoms with van der Waals surface area (Å²) in [5.74, 6) is 2.30. The summed E-state index contributed by atoms with van der Waals surface area (Å²) in [6.45, 7) is 2.37. The minimum absolute atomic E-state index is 0.0488. The molecule has 4 rings (SSSR count). The average molecular weight is 284 g/mol. The molecule has 0 bridgehead atoms. The van der Waals surface area contributed by atoms with Gasteiger partial charge in [-0.1, -0.05) is 25.1 Å². The van der Waals surface area contributed by atoms with Crippen LogP contribution in [0.3, 0.4) is 0 Å². The van der Waals surface area contributed by atoms with Crippen molar-refractivity contribution in [3.05, 3.63) is 34.9 Å².